The molecule has 34 heavy (non-hydrogen) atoms. The van der Waals surface area contributed by atoms with Crippen LogP contribution in [-0.4, -0.2) is 68.0 Å². The van der Waals surface area contributed by atoms with Crippen molar-refractivity contribution in [3.05, 3.63) is 64.2 Å². The number of hydrogen-bond acceptors (Lipinski definition) is 7. The summed E-state index contributed by atoms with van der Waals surface area (Å²) in [5.74, 6) is 0.621. The van der Waals surface area contributed by atoms with E-state index in [9.17, 15) is 18.3 Å². The maximum atomic E-state index is 13.2. The highest BCUT2D eigenvalue weighted by atomic mass is 32.2. The molecule has 0 radical (unpaired) electrons. The number of aliphatic hydroxyl groups excluding tert-OH is 1. The van der Waals surface area contributed by atoms with Crippen molar-refractivity contribution in [1.82, 2.24) is 14.5 Å². The molecule has 2 aromatic carbocycles. The number of fused-ring (bicyclic) bond motifs is 2. The summed E-state index contributed by atoms with van der Waals surface area (Å²) in [5.41, 5.74) is 4.57. The van der Waals surface area contributed by atoms with Gasteiger partial charge in [0.25, 0.3) is 5.91 Å². The smallest absolute Gasteiger partial charge is 0.256 e. The largest absolute Gasteiger partial charge is 0.486 e. The number of carbonyl (C=O) groups excluding carboxylic acids is 1. The second-order valence-corrected chi connectivity index (χ2v) is 10.9. The van der Waals surface area contributed by atoms with E-state index < -0.39 is 16.1 Å². The van der Waals surface area contributed by atoms with Gasteiger partial charge in [-0.1, -0.05) is 18.2 Å². The zero-order chi connectivity index (χ0) is 23.4. The molecule has 2 N–H and O–H groups in total. The minimum absolute atomic E-state index is 0.160. The molecule has 1 atom stereocenters. The number of hydrogen-bond donors (Lipinski definition) is 2. The van der Waals surface area contributed by atoms with Crippen molar-refractivity contribution in [2.24, 2.45) is 0 Å². The van der Waals surface area contributed by atoms with Gasteiger partial charge >= 0.3 is 0 Å². The molecule has 178 valence electrons. The Morgan fingerprint density at radius 1 is 0.971 bits per heavy atom. The molecule has 4 aliphatic heterocycles. The van der Waals surface area contributed by atoms with Crippen molar-refractivity contribution < 1.29 is 27.8 Å². The van der Waals surface area contributed by atoms with Crippen LogP contribution in [0.1, 0.15) is 22.8 Å². The number of aliphatic hydroxyl groups is 1. The fourth-order valence-corrected chi connectivity index (χ4v) is 6.57. The Labute approximate surface area is 197 Å². The summed E-state index contributed by atoms with van der Waals surface area (Å²) >= 11 is 0. The average molecular weight is 484 g/mol. The molecule has 0 unspecified atom stereocenters. The van der Waals surface area contributed by atoms with Crippen LogP contribution in [0.3, 0.4) is 0 Å². The van der Waals surface area contributed by atoms with Crippen LogP contribution in [-0.2, 0) is 27.9 Å². The third kappa shape index (κ3) is 3.49. The van der Waals surface area contributed by atoms with Crippen molar-refractivity contribution in [2.45, 2.75) is 24.1 Å². The van der Waals surface area contributed by atoms with Crippen molar-refractivity contribution in [3.8, 4) is 11.5 Å². The van der Waals surface area contributed by atoms with E-state index in [0.717, 1.165) is 28.8 Å². The van der Waals surface area contributed by atoms with Gasteiger partial charge in [0.2, 0.25) is 10.0 Å². The summed E-state index contributed by atoms with van der Waals surface area (Å²) in [4.78, 5) is 14.9. The van der Waals surface area contributed by atoms with E-state index in [1.165, 1.54) is 16.4 Å². The van der Waals surface area contributed by atoms with E-state index in [1.807, 2.05) is 12.1 Å². The number of amides is 1. The van der Waals surface area contributed by atoms with Crippen molar-refractivity contribution >= 4 is 15.9 Å². The van der Waals surface area contributed by atoms with E-state index >= 15 is 0 Å². The van der Waals surface area contributed by atoms with Crippen LogP contribution in [0.4, 0.5) is 0 Å². The highest BCUT2D eigenvalue weighted by Gasteiger charge is 2.39. The SMILES string of the molecule is O=C([C@@H](O)c1cccc2c1CNC2)N1CC2=C(C1)CN(S(=O)(=O)c1ccc3c(c1)OCCO3)C2. The molecule has 9 nitrogen and oxygen atoms in total. The van der Waals surface area contributed by atoms with Gasteiger partial charge < -0.3 is 24.8 Å². The third-order valence-corrected chi connectivity index (χ3v) is 8.70. The molecular weight excluding hydrogens is 458 g/mol. The van der Waals surface area contributed by atoms with Crippen molar-refractivity contribution in [1.29, 1.82) is 0 Å². The van der Waals surface area contributed by atoms with E-state index in [1.54, 1.807) is 17.0 Å². The molecule has 2 aromatic rings. The van der Waals surface area contributed by atoms with Gasteiger partial charge in [-0.3, -0.25) is 4.79 Å². The average Bonchev–Trinajstić information content (AvgIpc) is 3.57. The molecular formula is C24H25N3O6S. The second-order valence-electron chi connectivity index (χ2n) is 8.97. The van der Waals surface area contributed by atoms with Crippen molar-refractivity contribution in [3.63, 3.8) is 0 Å². The number of nitrogens with one attached hydrogen (secondary N) is 1. The lowest BCUT2D eigenvalue weighted by Gasteiger charge is -2.25. The zero-order valence-electron chi connectivity index (χ0n) is 18.5. The molecule has 1 amide bonds. The molecule has 6 rings (SSSR count). The van der Waals surface area contributed by atoms with Crippen LogP contribution in [0.5, 0.6) is 11.5 Å². The van der Waals surface area contributed by atoms with Gasteiger partial charge in [-0.05, 0) is 40.0 Å². The van der Waals surface area contributed by atoms with Crippen LogP contribution in [0.25, 0.3) is 0 Å². The Morgan fingerprint density at radius 2 is 1.71 bits per heavy atom. The van der Waals surface area contributed by atoms with Gasteiger partial charge in [0.15, 0.2) is 17.6 Å². The van der Waals surface area contributed by atoms with E-state index in [2.05, 4.69) is 5.32 Å². The lowest BCUT2D eigenvalue weighted by atomic mass is 9.98. The molecule has 0 bridgehead atoms. The first-order valence-electron chi connectivity index (χ1n) is 11.3. The van der Waals surface area contributed by atoms with E-state index in [-0.39, 0.29) is 23.9 Å². The maximum absolute atomic E-state index is 13.2. The number of nitrogens with zero attached hydrogens (tertiary/aromatic N) is 2. The summed E-state index contributed by atoms with van der Waals surface area (Å²) < 4.78 is 38.9. The summed E-state index contributed by atoms with van der Waals surface area (Å²) in [5, 5.41) is 14.1. The first kappa shape index (κ1) is 21.6. The van der Waals surface area contributed by atoms with Gasteiger partial charge in [-0.25, -0.2) is 8.42 Å². The topological polar surface area (TPSA) is 108 Å². The lowest BCUT2D eigenvalue weighted by Crippen LogP contribution is -2.38. The lowest BCUT2D eigenvalue weighted by molar-refractivity contribution is -0.139. The predicted molar refractivity (Wildman–Crippen MR) is 122 cm³/mol. The van der Waals surface area contributed by atoms with Crippen LogP contribution in [0.2, 0.25) is 0 Å². The molecule has 0 spiro atoms. The standard InChI is InChI=1S/C24H25N3O6S/c28-23(19-3-1-2-15-9-25-10-20(15)19)24(29)26-11-16-13-27(14-17(16)12-26)34(30,31)18-4-5-21-22(8-18)33-7-6-32-21/h1-5,8,23,25,28H,6-7,9-14H2/t23-/m0/s1. The molecule has 0 fully saturated rings. The molecule has 0 aliphatic carbocycles. The second kappa shape index (κ2) is 8.09. The fraction of sp³-hybridized carbons (Fsp3) is 0.375. The summed E-state index contributed by atoms with van der Waals surface area (Å²) in [6.45, 7) is 3.31. The molecule has 0 saturated carbocycles. The minimum Gasteiger partial charge on any atom is -0.486 e. The van der Waals surface area contributed by atoms with Crippen LogP contribution in [0.15, 0.2) is 52.4 Å². The molecule has 0 saturated heterocycles. The summed E-state index contributed by atoms with van der Waals surface area (Å²) in [7, 11) is -3.72. The van der Waals surface area contributed by atoms with Gasteiger partial charge in [-0.2, -0.15) is 4.31 Å². The Kier molecular flexibility index (Phi) is 5.14. The minimum atomic E-state index is -3.72. The first-order valence-corrected chi connectivity index (χ1v) is 12.7. The van der Waals surface area contributed by atoms with E-state index in [0.29, 0.717) is 49.9 Å². The Morgan fingerprint density at radius 3 is 2.47 bits per heavy atom. The highest BCUT2D eigenvalue weighted by Crippen LogP contribution is 2.36. The van der Waals surface area contributed by atoms with Gasteiger partial charge in [0, 0.05) is 45.3 Å². The number of benzene rings is 2. The quantitative estimate of drug-likeness (QED) is 0.623. The molecule has 4 heterocycles. The zero-order valence-corrected chi connectivity index (χ0v) is 19.3. The van der Waals surface area contributed by atoms with E-state index in [4.69, 9.17) is 9.47 Å². The predicted octanol–water partition coefficient (Wildman–Crippen LogP) is 0.938. The Hall–Kier alpha value is -2.92. The normalized spacial score (nSPS) is 20.4. The Balaban J connectivity index is 1.14. The number of rotatable bonds is 4. The van der Waals surface area contributed by atoms with Gasteiger partial charge in [0.1, 0.15) is 13.2 Å². The highest BCUT2D eigenvalue weighted by molar-refractivity contribution is 7.89. The Bertz CT molecular complexity index is 1300. The van der Waals surface area contributed by atoms with Crippen LogP contribution < -0.4 is 14.8 Å². The maximum Gasteiger partial charge on any atom is 0.256 e. The number of ether oxygens (including phenoxy) is 2. The van der Waals surface area contributed by atoms with Gasteiger partial charge in [0.05, 0.1) is 4.90 Å². The van der Waals surface area contributed by atoms with Crippen LogP contribution in [0, 0.1) is 0 Å². The monoisotopic (exact) mass is 483 g/mol. The molecule has 4 aliphatic rings. The fourth-order valence-electron chi connectivity index (χ4n) is 5.12. The number of carbonyl (C=O) groups is 1. The number of sulfonamides is 1. The van der Waals surface area contributed by atoms with Crippen molar-refractivity contribution in [2.75, 3.05) is 39.4 Å². The van der Waals surface area contributed by atoms with Gasteiger partial charge in [-0.15, -0.1) is 0 Å². The summed E-state index contributed by atoms with van der Waals surface area (Å²) in [6, 6.07) is 10.3. The van der Waals surface area contributed by atoms with Crippen LogP contribution >= 0.6 is 0 Å². The molecule has 10 heteroatoms. The molecule has 0 aromatic heterocycles. The first-order chi connectivity index (χ1) is 16.4. The summed E-state index contributed by atoms with van der Waals surface area (Å²) in [6.07, 6.45) is -1.23. The third-order valence-electron chi connectivity index (χ3n) is 6.92.